The van der Waals surface area contributed by atoms with Crippen LogP contribution in [0.15, 0.2) is 5.16 Å². The van der Waals surface area contributed by atoms with Crippen molar-refractivity contribution in [2.24, 2.45) is 0 Å². The molecular weight excluding hydrogens is 264 g/mol. The van der Waals surface area contributed by atoms with Crippen LogP contribution in [-0.4, -0.2) is 44.7 Å². The van der Waals surface area contributed by atoms with Crippen LogP contribution >= 0.6 is 11.8 Å². The first-order valence-corrected chi connectivity index (χ1v) is 7.78. The Morgan fingerprint density at radius 1 is 1.26 bits per heavy atom. The second-order valence-electron chi connectivity index (χ2n) is 5.11. The van der Waals surface area contributed by atoms with E-state index in [9.17, 15) is 4.79 Å². The summed E-state index contributed by atoms with van der Waals surface area (Å²) in [7, 11) is 0. The van der Waals surface area contributed by atoms with Crippen LogP contribution in [0.5, 0.6) is 0 Å². The van der Waals surface area contributed by atoms with Crippen molar-refractivity contribution in [3.8, 4) is 0 Å². The zero-order chi connectivity index (χ0) is 13.2. The summed E-state index contributed by atoms with van der Waals surface area (Å²) in [6, 6.07) is 0.475. The van der Waals surface area contributed by atoms with Gasteiger partial charge in [0.1, 0.15) is 0 Å². The van der Waals surface area contributed by atoms with Crippen molar-refractivity contribution in [1.82, 2.24) is 14.8 Å². The lowest BCUT2D eigenvalue weighted by molar-refractivity contribution is -0.133. The minimum absolute atomic E-state index is 0.0465. The molecule has 6 nitrogen and oxygen atoms in total. The van der Waals surface area contributed by atoms with Gasteiger partial charge >= 0.3 is 5.97 Å². The third kappa shape index (κ3) is 2.86. The summed E-state index contributed by atoms with van der Waals surface area (Å²) in [5.41, 5.74) is 0. The summed E-state index contributed by atoms with van der Waals surface area (Å²) in [6.45, 7) is 2.07. The van der Waals surface area contributed by atoms with E-state index in [1.807, 2.05) is 0 Å². The molecule has 1 aromatic rings. The molecule has 0 atom stereocenters. The Kier molecular flexibility index (Phi) is 3.63. The molecule has 0 bridgehead atoms. The van der Waals surface area contributed by atoms with Crippen molar-refractivity contribution in [2.45, 2.75) is 43.3 Å². The highest BCUT2D eigenvalue weighted by Crippen LogP contribution is 2.41. The number of aromatic nitrogens is 3. The topological polar surface area (TPSA) is 71.2 Å². The lowest BCUT2D eigenvalue weighted by atomic mass is 10.1. The number of anilines is 1. The van der Waals surface area contributed by atoms with Crippen LogP contribution < -0.4 is 4.90 Å². The Morgan fingerprint density at radius 3 is 2.63 bits per heavy atom. The van der Waals surface area contributed by atoms with Gasteiger partial charge < -0.3 is 10.0 Å². The molecule has 2 aliphatic rings. The van der Waals surface area contributed by atoms with Crippen LogP contribution in [0.25, 0.3) is 0 Å². The van der Waals surface area contributed by atoms with Crippen molar-refractivity contribution in [1.29, 1.82) is 0 Å². The van der Waals surface area contributed by atoms with Crippen molar-refractivity contribution in [3.63, 3.8) is 0 Å². The summed E-state index contributed by atoms with van der Waals surface area (Å²) >= 11 is 1.27. The Hall–Kier alpha value is -1.24. The maximum atomic E-state index is 10.7. The number of thioether (sulfide) groups is 1. The van der Waals surface area contributed by atoms with Gasteiger partial charge in [-0.3, -0.25) is 9.36 Å². The summed E-state index contributed by atoms with van der Waals surface area (Å²) in [5.74, 6) is 0.176. The van der Waals surface area contributed by atoms with Crippen LogP contribution in [0.1, 0.15) is 38.1 Å². The number of aliphatic carboxylic acids is 1. The van der Waals surface area contributed by atoms with Gasteiger partial charge in [-0.2, -0.15) is 0 Å². The van der Waals surface area contributed by atoms with Crippen molar-refractivity contribution >= 4 is 23.7 Å². The van der Waals surface area contributed by atoms with Crippen LogP contribution in [0.3, 0.4) is 0 Å². The van der Waals surface area contributed by atoms with E-state index in [0.29, 0.717) is 6.04 Å². The molecule has 0 radical (unpaired) electrons. The van der Waals surface area contributed by atoms with Crippen LogP contribution in [0.4, 0.5) is 5.95 Å². The number of carboxylic acid groups (broad SMARTS) is 1. The molecule has 19 heavy (non-hydrogen) atoms. The molecule has 1 N–H and O–H groups in total. The highest BCUT2D eigenvalue weighted by Gasteiger charge is 2.32. The first kappa shape index (κ1) is 12.8. The minimum atomic E-state index is -0.810. The number of hydrogen-bond donors (Lipinski definition) is 1. The summed E-state index contributed by atoms with van der Waals surface area (Å²) < 4.78 is 2.15. The fourth-order valence-electron chi connectivity index (χ4n) is 2.46. The fraction of sp³-hybridized carbons (Fsp3) is 0.750. The van der Waals surface area contributed by atoms with E-state index in [1.165, 1.54) is 31.0 Å². The van der Waals surface area contributed by atoms with Crippen molar-refractivity contribution < 1.29 is 9.90 Å². The fourth-order valence-corrected chi connectivity index (χ4v) is 3.18. The van der Waals surface area contributed by atoms with Gasteiger partial charge in [0.05, 0.1) is 5.75 Å². The Labute approximate surface area is 116 Å². The zero-order valence-electron chi connectivity index (χ0n) is 10.8. The maximum absolute atomic E-state index is 10.7. The average molecular weight is 282 g/mol. The van der Waals surface area contributed by atoms with Crippen LogP contribution in [0, 0.1) is 0 Å². The molecule has 7 heteroatoms. The Bertz CT molecular complexity index is 466. The molecule has 1 saturated heterocycles. The predicted octanol–water partition coefficient (Wildman–Crippen LogP) is 1.78. The van der Waals surface area contributed by atoms with Gasteiger partial charge in [0.15, 0.2) is 5.16 Å². The van der Waals surface area contributed by atoms with E-state index in [-0.39, 0.29) is 5.75 Å². The molecule has 1 aliphatic heterocycles. The first-order chi connectivity index (χ1) is 9.25. The number of hydrogen-bond acceptors (Lipinski definition) is 5. The van der Waals surface area contributed by atoms with E-state index >= 15 is 0 Å². The summed E-state index contributed by atoms with van der Waals surface area (Å²) in [4.78, 5) is 13.0. The first-order valence-electron chi connectivity index (χ1n) is 6.80. The zero-order valence-corrected chi connectivity index (χ0v) is 11.6. The number of carbonyl (C=O) groups is 1. The number of nitrogens with zero attached hydrogens (tertiary/aromatic N) is 4. The standard InChI is InChI=1S/C12H18N4O2S/c17-10(18)8-19-12-14-13-11(16(12)9-4-5-9)15-6-2-1-3-7-15/h9H,1-8H2,(H,17,18). The van der Waals surface area contributed by atoms with Gasteiger partial charge in [-0.25, -0.2) is 0 Å². The molecule has 2 heterocycles. The van der Waals surface area contributed by atoms with Crippen molar-refractivity contribution in [2.75, 3.05) is 23.7 Å². The monoisotopic (exact) mass is 282 g/mol. The third-order valence-electron chi connectivity index (χ3n) is 3.52. The molecule has 0 unspecified atom stereocenters. The predicted molar refractivity (Wildman–Crippen MR) is 72.7 cm³/mol. The van der Waals surface area contributed by atoms with E-state index in [1.54, 1.807) is 0 Å². The van der Waals surface area contributed by atoms with Crippen molar-refractivity contribution in [3.05, 3.63) is 0 Å². The SMILES string of the molecule is O=C(O)CSc1nnc(N2CCCCC2)n1C1CC1. The van der Waals surface area contributed by atoms with Gasteiger partial charge in [-0.05, 0) is 32.1 Å². The van der Waals surface area contributed by atoms with Gasteiger partial charge in [-0.15, -0.1) is 10.2 Å². The minimum Gasteiger partial charge on any atom is -0.481 e. The largest absolute Gasteiger partial charge is 0.481 e. The molecule has 104 valence electrons. The molecule has 1 aliphatic carbocycles. The highest BCUT2D eigenvalue weighted by atomic mass is 32.2. The second kappa shape index (κ2) is 5.40. The van der Waals surface area contributed by atoms with E-state index < -0.39 is 5.97 Å². The van der Waals surface area contributed by atoms with E-state index in [2.05, 4.69) is 19.7 Å². The highest BCUT2D eigenvalue weighted by molar-refractivity contribution is 7.99. The van der Waals surface area contributed by atoms with Gasteiger partial charge in [0.25, 0.3) is 0 Å². The lowest BCUT2D eigenvalue weighted by Gasteiger charge is -2.27. The Morgan fingerprint density at radius 2 is 2.00 bits per heavy atom. The maximum Gasteiger partial charge on any atom is 0.313 e. The lowest BCUT2D eigenvalue weighted by Crippen LogP contribution is -2.31. The molecule has 0 spiro atoms. The number of rotatable bonds is 5. The molecule has 1 aromatic heterocycles. The molecule has 2 fully saturated rings. The third-order valence-corrected chi connectivity index (χ3v) is 4.45. The number of piperidine rings is 1. The Balaban J connectivity index is 1.81. The van der Waals surface area contributed by atoms with Gasteiger partial charge in [0, 0.05) is 19.1 Å². The van der Waals surface area contributed by atoms with Gasteiger partial charge in [0.2, 0.25) is 5.95 Å². The summed E-state index contributed by atoms with van der Waals surface area (Å²) in [5, 5.41) is 18.0. The van der Waals surface area contributed by atoms with E-state index in [4.69, 9.17) is 5.11 Å². The van der Waals surface area contributed by atoms with Crippen LogP contribution in [-0.2, 0) is 4.79 Å². The smallest absolute Gasteiger partial charge is 0.313 e. The van der Waals surface area contributed by atoms with Gasteiger partial charge in [-0.1, -0.05) is 11.8 Å². The molecular formula is C12H18N4O2S. The second-order valence-corrected chi connectivity index (χ2v) is 6.06. The van der Waals surface area contributed by atoms with Crippen LogP contribution in [0.2, 0.25) is 0 Å². The quantitative estimate of drug-likeness (QED) is 0.830. The molecule has 0 amide bonds. The van der Waals surface area contributed by atoms with E-state index in [0.717, 1.165) is 37.0 Å². The normalized spacial score (nSPS) is 19.7. The average Bonchev–Trinajstić information content (AvgIpc) is 3.17. The molecule has 0 aromatic carbocycles. The molecule has 1 saturated carbocycles. The number of carboxylic acids is 1. The molecule has 3 rings (SSSR count). The summed E-state index contributed by atoms with van der Waals surface area (Å²) in [6.07, 6.45) is 6.00.